The molecular weight excluding hydrogens is 212 g/mol. The Labute approximate surface area is 105 Å². The zero-order chi connectivity index (χ0) is 12.3. The van der Waals surface area contributed by atoms with Crippen molar-refractivity contribution in [3.63, 3.8) is 0 Å². The van der Waals surface area contributed by atoms with Gasteiger partial charge in [0.25, 0.3) is 0 Å². The zero-order valence-electron chi connectivity index (χ0n) is 11.5. The quantitative estimate of drug-likeness (QED) is 0.712. The second-order valence-corrected chi connectivity index (χ2v) is 7.54. The molecule has 4 unspecified atom stereocenters. The van der Waals surface area contributed by atoms with Crippen molar-refractivity contribution in [3.05, 3.63) is 0 Å². The van der Waals surface area contributed by atoms with Crippen LogP contribution in [0.25, 0.3) is 0 Å². The first-order valence-corrected chi connectivity index (χ1v) is 7.22. The van der Waals surface area contributed by atoms with Crippen LogP contribution in [0, 0.1) is 17.3 Å². The van der Waals surface area contributed by atoms with Crippen molar-refractivity contribution in [3.8, 4) is 0 Å². The largest absolute Gasteiger partial charge is 0.390 e. The minimum atomic E-state index is -0.519. The number of rotatable bonds is 1. The molecule has 3 fully saturated rings. The van der Waals surface area contributed by atoms with Gasteiger partial charge in [-0.05, 0) is 69.6 Å². The summed E-state index contributed by atoms with van der Waals surface area (Å²) < 4.78 is 5.85. The smallest absolute Gasteiger partial charge is 0.0949 e. The second kappa shape index (κ2) is 3.48. The van der Waals surface area contributed by atoms with E-state index in [0.717, 1.165) is 6.61 Å². The molecule has 3 rings (SSSR count). The minimum Gasteiger partial charge on any atom is -0.390 e. The van der Waals surface area contributed by atoms with Crippen molar-refractivity contribution >= 4 is 0 Å². The van der Waals surface area contributed by atoms with Crippen LogP contribution >= 0.6 is 0 Å². The molecule has 0 aromatic rings. The third-order valence-corrected chi connectivity index (χ3v) is 5.92. The highest BCUT2D eigenvalue weighted by Crippen LogP contribution is 2.61. The lowest BCUT2D eigenvalue weighted by molar-refractivity contribution is -0.0787. The van der Waals surface area contributed by atoms with Crippen LogP contribution < -0.4 is 0 Å². The topological polar surface area (TPSA) is 32.8 Å². The van der Waals surface area contributed by atoms with Gasteiger partial charge in [-0.1, -0.05) is 6.92 Å². The Hall–Kier alpha value is -0.0800. The summed E-state index contributed by atoms with van der Waals surface area (Å²) in [6.45, 7) is 7.39. The summed E-state index contributed by atoms with van der Waals surface area (Å²) in [6, 6.07) is 0. The number of aliphatic hydroxyl groups is 1. The molecule has 2 nitrogen and oxygen atoms in total. The number of hydrogen-bond acceptors (Lipinski definition) is 2. The molecule has 3 aliphatic rings. The van der Waals surface area contributed by atoms with Crippen molar-refractivity contribution in [2.24, 2.45) is 17.3 Å². The van der Waals surface area contributed by atoms with Crippen molar-refractivity contribution in [1.29, 1.82) is 0 Å². The third-order valence-electron chi connectivity index (χ3n) is 5.92. The monoisotopic (exact) mass is 238 g/mol. The van der Waals surface area contributed by atoms with Crippen LogP contribution in [0.1, 0.15) is 59.3 Å². The number of hydrogen-bond donors (Lipinski definition) is 1. The summed E-state index contributed by atoms with van der Waals surface area (Å²) in [5.41, 5.74) is 0.183. The van der Waals surface area contributed by atoms with Gasteiger partial charge in [0.05, 0.1) is 17.8 Å². The molecule has 4 atom stereocenters. The van der Waals surface area contributed by atoms with E-state index in [-0.39, 0.29) is 5.60 Å². The lowest BCUT2D eigenvalue weighted by Gasteiger charge is -2.52. The molecule has 1 saturated heterocycles. The Bertz CT molecular complexity index is 313. The van der Waals surface area contributed by atoms with Crippen LogP contribution in [-0.4, -0.2) is 22.9 Å². The molecule has 98 valence electrons. The summed E-state index contributed by atoms with van der Waals surface area (Å²) >= 11 is 0. The molecule has 1 heterocycles. The molecule has 2 saturated carbocycles. The van der Waals surface area contributed by atoms with Gasteiger partial charge in [0.15, 0.2) is 0 Å². The first-order valence-electron chi connectivity index (χ1n) is 7.22. The third kappa shape index (κ3) is 1.84. The SMILES string of the molecule is CC(C)(O)C1CCC2(C)CCCC3(CO3)C2C1. The number of ether oxygens (including phenoxy) is 1. The molecule has 2 heteroatoms. The van der Waals surface area contributed by atoms with Crippen LogP contribution in [0.2, 0.25) is 0 Å². The molecule has 0 amide bonds. The highest BCUT2D eigenvalue weighted by molar-refractivity contribution is 5.10. The van der Waals surface area contributed by atoms with Gasteiger partial charge in [-0.2, -0.15) is 0 Å². The van der Waals surface area contributed by atoms with Crippen LogP contribution in [0.5, 0.6) is 0 Å². The van der Waals surface area contributed by atoms with Gasteiger partial charge in [0, 0.05) is 0 Å². The van der Waals surface area contributed by atoms with E-state index in [1.807, 2.05) is 13.8 Å². The summed E-state index contributed by atoms with van der Waals surface area (Å²) in [5, 5.41) is 10.3. The first kappa shape index (κ1) is 12.0. The van der Waals surface area contributed by atoms with E-state index >= 15 is 0 Å². The Morgan fingerprint density at radius 2 is 1.94 bits per heavy atom. The fraction of sp³-hybridized carbons (Fsp3) is 1.00. The normalized spacial score (nSPS) is 50.1. The first-order chi connectivity index (χ1) is 7.86. The fourth-order valence-electron chi connectivity index (χ4n) is 4.56. The summed E-state index contributed by atoms with van der Waals surface area (Å²) in [6.07, 6.45) is 7.58. The highest BCUT2D eigenvalue weighted by atomic mass is 16.6. The Morgan fingerprint density at radius 3 is 2.53 bits per heavy atom. The maximum atomic E-state index is 10.3. The van der Waals surface area contributed by atoms with Crippen molar-refractivity contribution in [1.82, 2.24) is 0 Å². The van der Waals surface area contributed by atoms with Gasteiger partial charge in [0.2, 0.25) is 0 Å². The van der Waals surface area contributed by atoms with Crippen molar-refractivity contribution in [2.45, 2.75) is 70.5 Å². The van der Waals surface area contributed by atoms with Gasteiger partial charge in [0.1, 0.15) is 0 Å². The van der Waals surface area contributed by atoms with Gasteiger partial charge < -0.3 is 9.84 Å². The molecule has 0 aromatic carbocycles. The van der Waals surface area contributed by atoms with Crippen LogP contribution in [0.3, 0.4) is 0 Å². The predicted molar refractivity (Wildman–Crippen MR) is 67.8 cm³/mol. The molecule has 1 aliphatic heterocycles. The van der Waals surface area contributed by atoms with E-state index in [9.17, 15) is 5.11 Å². The van der Waals surface area contributed by atoms with E-state index in [0.29, 0.717) is 17.3 Å². The summed E-state index contributed by atoms with van der Waals surface area (Å²) in [5.74, 6) is 1.15. The maximum absolute atomic E-state index is 10.3. The Balaban J connectivity index is 1.83. The van der Waals surface area contributed by atoms with Gasteiger partial charge >= 0.3 is 0 Å². The maximum Gasteiger partial charge on any atom is 0.0949 e. The average molecular weight is 238 g/mol. The van der Waals surface area contributed by atoms with Gasteiger partial charge in [-0.15, -0.1) is 0 Å². The lowest BCUT2D eigenvalue weighted by Crippen LogP contribution is -2.49. The van der Waals surface area contributed by atoms with E-state index in [2.05, 4.69) is 6.92 Å². The standard InChI is InChI=1S/C15H26O2/c1-13(2,16)11-5-8-14(3)6-4-7-15(10-17-15)12(14)9-11/h11-12,16H,4-10H2,1-3H3. The van der Waals surface area contributed by atoms with Crippen LogP contribution in [-0.2, 0) is 4.74 Å². The highest BCUT2D eigenvalue weighted by Gasteiger charge is 2.61. The molecule has 0 aromatic heterocycles. The average Bonchev–Trinajstić information content (AvgIpc) is 2.96. The van der Waals surface area contributed by atoms with Crippen LogP contribution in [0.4, 0.5) is 0 Å². The zero-order valence-corrected chi connectivity index (χ0v) is 11.5. The van der Waals surface area contributed by atoms with Crippen molar-refractivity contribution in [2.75, 3.05) is 6.61 Å². The Kier molecular flexibility index (Phi) is 2.45. The second-order valence-electron chi connectivity index (χ2n) is 7.54. The number of fused-ring (bicyclic) bond motifs is 2. The number of epoxide rings is 1. The molecular formula is C15H26O2. The summed E-state index contributed by atoms with van der Waals surface area (Å²) in [4.78, 5) is 0. The molecule has 1 spiro atoms. The molecule has 1 N–H and O–H groups in total. The summed E-state index contributed by atoms with van der Waals surface area (Å²) in [7, 11) is 0. The molecule has 2 aliphatic carbocycles. The molecule has 17 heavy (non-hydrogen) atoms. The van der Waals surface area contributed by atoms with E-state index in [4.69, 9.17) is 4.74 Å². The Morgan fingerprint density at radius 1 is 1.24 bits per heavy atom. The van der Waals surface area contributed by atoms with Crippen molar-refractivity contribution < 1.29 is 9.84 Å². The molecule has 0 radical (unpaired) electrons. The lowest BCUT2D eigenvalue weighted by atomic mass is 9.53. The minimum absolute atomic E-state index is 0.219. The fourth-order valence-corrected chi connectivity index (χ4v) is 4.56. The van der Waals surface area contributed by atoms with Gasteiger partial charge in [-0.3, -0.25) is 0 Å². The van der Waals surface area contributed by atoms with E-state index in [1.165, 1.54) is 38.5 Å². The molecule has 0 bridgehead atoms. The van der Waals surface area contributed by atoms with Crippen LogP contribution in [0.15, 0.2) is 0 Å². The van der Waals surface area contributed by atoms with Gasteiger partial charge in [-0.25, -0.2) is 0 Å². The van der Waals surface area contributed by atoms with E-state index in [1.54, 1.807) is 0 Å². The van der Waals surface area contributed by atoms with E-state index < -0.39 is 5.60 Å². The predicted octanol–water partition coefficient (Wildman–Crippen LogP) is 3.13.